The number of unbranched alkanes of at least 4 members (excludes halogenated alkanes) is 3. The summed E-state index contributed by atoms with van der Waals surface area (Å²) in [5.74, 6) is 1.36. The highest BCUT2D eigenvalue weighted by Gasteiger charge is 2.32. The zero-order valence-electron chi connectivity index (χ0n) is 12.3. The van der Waals surface area contributed by atoms with Gasteiger partial charge in [0, 0.05) is 24.5 Å². The van der Waals surface area contributed by atoms with Gasteiger partial charge in [0.2, 0.25) is 5.91 Å². The minimum atomic E-state index is -0.398. The van der Waals surface area contributed by atoms with Crippen LogP contribution in [0, 0.1) is 0 Å². The summed E-state index contributed by atoms with van der Waals surface area (Å²) >= 11 is 1.70. The number of rotatable bonds is 8. The van der Waals surface area contributed by atoms with Crippen LogP contribution in [-0.4, -0.2) is 54.0 Å². The highest BCUT2D eigenvalue weighted by molar-refractivity contribution is 7.99. The molecule has 6 heteroatoms. The first-order chi connectivity index (χ1) is 9.70. The molecule has 0 aromatic carbocycles. The minimum absolute atomic E-state index is 0.0797. The fourth-order valence-corrected chi connectivity index (χ4v) is 3.29. The van der Waals surface area contributed by atoms with E-state index in [1.165, 1.54) is 0 Å². The van der Waals surface area contributed by atoms with E-state index >= 15 is 0 Å². The zero-order chi connectivity index (χ0) is 14.8. The Bertz CT molecular complexity index is 313. The Hall–Kier alpha value is -0.750. The van der Waals surface area contributed by atoms with E-state index in [4.69, 9.17) is 10.5 Å². The van der Waals surface area contributed by atoms with Crippen molar-refractivity contribution in [3.63, 3.8) is 0 Å². The maximum atomic E-state index is 12.2. The third-order valence-electron chi connectivity index (χ3n) is 3.35. The van der Waals surface area contributed by atoms with Crippen molar-refractivity contribution >= 4 is 23.6 Å². The van der Waals surface area contributed by atoms with Gasteiger partial charge in [-0.3, -0.25) is 4.79 Å². The van der Waals surface area contributed by atoms with Gasteiger partial charge in [0.25, 0.3) is 0 Å². The molecule has 0 radical (unpaired) electrons. The lowest BCUT2D eigenvalue weighted by molar-refractivity contribution is -0.153. The van der Waals surface area contributed by atoms with E-state index in [9.17, 15) is 9.59 Å². The molecule has 0 saturated carbocycles. The third kappa shape index (κ3) is 5.71. The molecular formula is C14H26N2O3S. The van der Waals surface area contributed by atoms with Gasteiger partial charge < -0.3 is 15.4 Å². The average Bonchev–Trinajstić information content (AvgIpc) is 2.47. The van der Waals surface area contributed by atoms with Crippen molar-refractivity contribution < 1.29 is 14.3 Å². The van der Waals surface area contributed by atoms with E-state index in [1.54, 1.807) is 23.6 Å². The molecule has 1 amide bonds. The summed E-state index contributed by atoms with van der Waals surface area (Å²) in [5.41, 5.74) is 5.44. The van der Waals surface area contributed by atoms with E-state index in [1.807, 2.05) is 0 Å². The summed E-state index contributed by atoms with van der Waals surface area (Å²) in [5, 5.41) is 0. The van der Waals surface area contributed by atoms with Crippen LogP contribution >= 0.6 is 11.8 Å². The number of thioether (sulfide) groups is 1. The van der Waals surface area contributed by atoms with Crippen LogP contribution in [-0.2, 0) is 14.3 Å². The van der Waals surface area contributed by atoms with Crippen molar-refractivity contribution in [2.45, 2.75) is 45.1 Å². The second-order valence-corrected chi connectivity index (χ2v) is 6.03. The van der Waals surface area contributed by atoms with Crippen LogP contribution < -0.4 is 5.73 Å². The minimum Gasteiger partial charge on any atom is -0.464 e. The third-order valence-corrected chi connectivity index (χ3v) is 4.37. The van der Waals surface area contributed by atoms with Crippen molar-refractivity contribution in [3.05, 3.63) is 0 Å². The smallest absolute Gasteiger partial charge is 0.329 e. The highest BCUT2D eigenvalue weighted by atomic mass is 32.2. The van der Waals surface area contributed by atoms with Crippen LogP contribution in [0.25, 0.3) is 0 Å². The average molecular weight is 302 g/mol. The number of amides is 1. The van der Waals surface area contributed by atoms with Crippen molar-refractivity contribution in [2.75, 3.05) is 31.2 Å². The van der Waals surface area contributed by atoms with E-state index in [-0.39, 0.29) is 11.9 Å². The molecule has 1 heterocycles. The molecule has 5 nitrogen and oxygen atoms in total. The molecular weight excluding hydrogens is 276 g/mol. The van der Waals surface area contributed by atoms with Crippen molar-refractivity contribution in [3.8, 4) is 0 Å². The predicted molar refractivity (Wildman–Crippen MR) is 81.6 cm³/mol. The van der Waals surface area contributed by atoms with Gasteiger partial charge in [-0.15, -0.1) is 0 Å². The molecule has 1 aliphatic heterocycles. The Labute approximate surface area is 125 Å². The number of nitrogens with zero attached hydrogens (tertiary/aromatic N) is 1. The van der Waals surface area contributed by atoms with Crippen LogP contribution in [0.3, 0.4) is 0 Å². The van der Waals surface area contributed by atoms with E-state index < -0.39 is 6.04 Å². The number of carbonyl (C=O) groups excluding carboxylic acids is 2. The number of hydrogen-bond donors (Lipinski definition) is 1. The topological polar surface area (TPSA) is 72.6 Å². The Morgan fingerprint density at radius 2 is 2.05 bits per heavy atom. The molecule has 0 bridgehead atoms. The molecule has 116 valence electrons. The Morgan fingerprint density at radius 1 is 1.30 bits per heavy atom. The number of esters is 1. The second-order valence-electron chi connectivity index (χ2n) is 4.88. The first-order valence-corrected chi connectivity index (χ1v) is 8.60. The number of nitrogens with two attached hydrogens (primary N) is 1. The van der Waals surface area contributed by atoms with E-state index in [2.05, 4.69) is 0 Å². The molecule has 2 N–H and O–H groups in total. The summed E-state index contributed by atoms with van der Waals surface area (Å²) < 4.78 is 5.06. The molecule has 1 rings (SSSR count). The summed E-state index contributed by atoms with van der Waals surface area (Å²) in [4.78, 5) is 25.8. The largest absolute Gasteiger partial charge is 0.464 e. The van der Waals surface area contributed by atoms with Crippen LogP contribution in [0.5, 0.6) is 0 Å². The second kappa shape index (κ2) is 10.0. The van der Waals surface area contributed by atoms with Gasteiger partial charge in [0.1, 0.15) is 6.04 Å². The molecule has 1 fully saturated rings. The molecule has 20 heavy (non-hydrogen) atoms. The van der Waals surface area contributed by atoms with Crippen LogP contribution in [0.4, 0.5) is 0 Å². The molecule has 0 spiro atoms. The summed E-state index contributed by atoms with van der Waals surface area (Å²) in [6.45, 7) is 3.51. The van der Waals surface area contributed by atoms with Gasteiger partial charge in [-0.1, -0.05) is 12.8 Å². The first-order valence-electron chi connectivity index (χ1n) is 7.44. The Kier molecular flexibility index (Phi) is 8.69. The predicted octanol–water partition coefficient (Wildman–Crippen LogP) is 1.40. The fraction of sp³-hybridized carbons (Fsp3) is 0.857. The molecule has 1 unspecified atom stereocenters. The van der Waals surface area contributed by atoms with Crippen molar-refractivity contribution in [2.24, 2.45) is 5.73 Å². The van der Waals surface area contributed by atoms with E-state index in [0.717, 1.165) is 31.4 Å². The van der Waals surface area contributed by atoms with Crippen LogP contribution in [0.2, 0.25) is 0 Å². The SMILES string of the molecule is CCOC(=O)C1CSCCN1C(=O)CCCCCCN. The van der Waals surface area contributed by atoms with Gasteiger partial charge in [0.05, 0.1) is 6.61 Å². The summed E-state index contributed by atoms with van der Waals surface area (Å²) in [6, 6.07) is -0.398. The quantitative estimate of drug-likeness (QED) is 0.542. The lowest BCUT2D eigenvalue weighted by atomic mass is 10.1. The Morgan fingerprint density at radius 3 is 2.75 bits per heavy atom. The molecule has 0 aliphatic carbocycles. The summed E-state index contributed by atoms with van der Waals surface area (Å²) in [7, 11) is 0. The van der Waals surface area contributed by atoms with Gasteiger partial charge in [-0.25, -0.2) is 4.79 Å². The molecule has 1 atom stereocenters. The number of carbonyl (C=O) groups is 2. The van der Waals surface area contributed by atoms with Crippen molar-refractivity contribution in [1.29, 1.82) is 0 Å². The first kappa shape index (κ1) is 17.3. The highest BCUT2D eigenvalue weighted by Crippen LogP contribution is 2.19. The lowest BCUT2D eigenvalue weighted by Crippen LogP contribution is -2.50. The zero-order valence-corrected chi connectivity index (χ0v) is 13.1. The van der Waals surface area contributed by atoms with E-state index in [0.29, 0.717) is 31.9 Å². The molecule has 0 aromatic heterocycles. The van der Waals surface area contributed by atoms with Gasteiger partial charge in [-0.2, -0.15) is 11.8 Å². The molecule has 1 aliphatic rings. The number of hydrogen-bond acceptors (Lipinski definition) is 5. The maximum Gasteiger partial charge on any atom is 0.329 e. The normalized spacial score (nSPS) is 18.9. The van der Waals surface area contributed by atoms with Crippen molar-refractivity contribution in [1.82, 2.24) is 4.90 Å². The standard InChI is InChI=1S/C14H26N2O3S/c1-2-19-14(18)12-11-20-10-9-16(12)13(17)7-5-3-4-6-8-15/h12H,2-11,15H2,1H3. The summed E-state index contributed by atoms with van der Waals surface area (Å²) in [6.07, 6.45) is 4.50. The Balaban J connectivity index is 2.40. The van der Waals surface area contributed by atoms with Crippen LogP contribution in [0.1, 0.15) is 39.0 Å². The van der Waals surface area contributed by atoms with Gasteiger partial charge in [0.15, 0.2) is 0 Å². The van der Waals surface area contributed by atoms with Gasteiger partial charge in [-0.05, 0) is 26.3 Å². The van der Waals surface area contributed by atoms with Crippen LogP contribution in [0.15, 0.2) is 0 Å². The monoisotopic (exact) mass is 302 g/mol. The lowest BCUT2D eigenvalue weighted by Gasteiger charge is -2.33. The molecule has 0 aromatic rings. The number of ether oxygens (including phenoxy) is 1. The maximum absolute atomic E-state index is 12.2. The fourth-order valence-electron chi connectivity index (χ4n) is 2.25. The molecule has 1 saturated heterocycles. The van der Waals surface area contributed by atoms with Gasteiger partial charge >= 0.3 is 5.97 Å².